The summed E-state index contributed by atoms with van der Waals surface area (Å²) in [6.07, 6.45) is 0. The molecule has 2 aromatic rings. The first-order valence-electron chi connectivity index (χ1n) is 4.85. The summed E-state index contributed by atoms with van der Waals surface area (Å²) in [5.41, 5.74) is 0.457. The molecule has 0 N–H and O–H groups in total. The molecule has 2 aromatic carbocycles. The van der Waals surface area contributed by atoms with Crippen LogP contribution in [-0.4, -0.2) is 5.97 Å². The van der Waals surface area contributed by atoms with Crippen molar-refractivity contribution in [2.75, 3.05) is 0 Å². The van der Waals surface area contributed by atoms with Gasteiger partial charge in [-0.15, -0.1) is 0 Å². The number of carbonyl (C=O) groups is 1. The number of carbonyl (C=O) groups excluding carboxylic acids is 1. The van der Waals surface area contributed by atoms with Gasteiger partial charge in [-0.2, -0.15) is 0 Å². The summed E-state index contributed by atoms with van der Waals surface area (Å²) in [7, 11) is 0. The van der Waals surface area contributed by atoms with E-state index in [4.69, 9.17) is 4.89 Å². The van der Waals surface area contributed by atoms with E-state index in [-0.39, 0.29) is 0 Å². The summed E-state index contributed by atoms with van der Waals surface area (Å²) in [6, 6.07) is 17.5. The van der Waals surface area contributed by atoms with Gasteiger partial charge in [0.15, 0.2) is 5.75 Å². The molecule has 3 nitrogen and oxygen atoms in total. The van der Waals surface area contributed by atoms with Crippen molar-refractivity contribution >= 4 is 5.97 Å². The second kappa shape index (κ2) is 4.98. The molecule has 0 bridgehead atoms. The van der Waals surface area contributed by atoms with Crippen LogP contribution in [0.2, 0.25) is 0 Å². The second-order valence-electron chi connectivity index (χ2n) is 3.13. The zero-order valence-corrected chi connectivity index (χ0v) is 8.50. The predicted octanol–water partition coefficient (Wildman–Crippen LogP) is 2.84. The van der Waals surface area contributed by atoms with E-state index in [1.807, 2.05) is 12.1 Å². The predicted molar refractivity (Wildman–Crippen MR) is 58.9 cm³/mol. The molecule has 0 saturated carbocycles. The van der Waals surface area contributed by atoms with Gasteiger partial charge in [0.2, 0.25) is 0 Å². The SMILES string of the molecule is O=C(OOc1ccccc1)c1ccccc1. The van der Waals surface area contributed by atoms with Crippen LogP contribution in [0.15, 0.2) is 60.7 Å². The second-order valence-corrected chi connectivity index (χ2v) is 3.13. The first kappa shape index (κ1) is 10.2. The Morgan fingerprint density at radius 2 is 1.38 bits per heavy atom. The van der Waals surface area contributed by atoms with E-state index < -0.39 is 5.97 Å². The lowest BCUT2D eigenvalue weighted by Gasteiger charge is -2.03. The lowest BCUT2D eigenvalue weighted by Crippen LogP contribution is -2.07. The number of hydrogen-bond donors (Lipinski definition) is 0. The van der Waals surface area contributed by atoms with E-state index in [2.05, 4.69) is 4.89 Å². The van der Waals surface area contributed by atoms with Crippen molar-refractivity contribution in [3.05, 3.63) is 66.2 Å². The third kappa shape index (κ3) is 2.60. The van der Waals surface area contributed by atoms with Crippen molar-refractivity contribution in [2.24, 2.45) is 0 Å². The molecule has 0 amide bonds. The third-order valence-corrected chi connectivity index (χ3v) is 1.97. The average molecular weight is 214 g/mol. The Morgan fingerprint density at radius 1 is 0.812 bits per heavy atom. The van der Waals surface area contributed by atoms with Crippen LogP contribution in [0.5, 0.6) is 5.75 Å². The zero-order valence-electron chi connectivity index (χ0n) is 8.50. The van der Waals surface area contributed by atoms with Gasteiger partial charge in [0.25, 0.3) is 0 Å². The van der Waals surface area contributed by atoms with Crippen LogP contribution in [0.1, 0.15) is 10.4 Å². The summed E-state index contributed by atoms with van der Waals surface area (Å²) in [5.74, 6) is -0.0174. The Balaban J connectivity index is 1.95. The molecule has 0 unspecified atom stereocenters. The highest BCUT2D eigenvalue weighted by Crippen LogP contribution is 2.10. The van der Waals surface area contributed by atoms with Crippen LogP contribution in [0, 0.1) is 0 Å². The summed E-state index contributed by atoms with van der Waals surface area (Å²) in [6.45, 7) is 0. The smallest absolute Gasteiger partial charge is 0.287 e. The van der Waals surface area contributed by atoms with Crippen molar-refractivity contribution in [2.45, 2.75) is 0 Å². The van der Waals surface area contributed by atoms with Crippen molar-refractivity contribution in [3.63, 3.8) is 0 Å². The summed E-state index contributed by atoms with van der Waals surface area (Å²) in [4.78, 5) is 21.0. The van der Waals surface area contributed by atoms with Crippen LogP contribution in [0.4, 0.5) is 0 Å². The van der Waals surface area contributed by atoms with Gasteiger partial charge in [-0.3, -0.25) is 4.89 Å². The van der Waals surface area contributed by atoms with E-state index >= 15 is 0 Å². The molecule has 0 saturated heterocycles. The average Bonchev–Trinajstić information content (AvgIpc) is 2.38. The van der Waals surface area contributed by atoms with Crippen LogP contribution < -0.4 is 4.89 Å². The van der Waals surface area contributed by atoms with E-state index in [0.717, 1.165) is 0 Å². The fraction of sp³-hybridized carbons (Fsp3) is 0. The highest BCUT2D eigenvalue weighted by Gasteiger charge is 2.07. The van der Waals surface area contributed by atoms with Crippen molar-refractivity contribution in [1.82, 2.24) is 0 Å². The molecular formula is C13H10O3. The van der Waals surface area contributed by atoms with Crippen LogP contribution in [0.3, 0.4) is 0 Å². The third-order valence-electron chi connectivity index (χ3n) is 1.97. The standard InChI is InChI=1S/C13H10O3/c14-13(11-7-3-1-4-8-11)16-15-12-9-5-2-6-10-12/h1-10H. The Labute approximate surface area is 93.2 Å². The molecule has 3 heteroatoms. The maximum absolute atomic E-state index is 11.5. The topological polar surface area (TPSA) is 35.5 Å². The highest BCUT2D eigenvalue weighted by atomic mass is 17.2. The Kier molecular flexibility index (Phi) is 3.18. The maximum Gasteiger partial charge on any atom is 0.386 e. The van der Waals surface area contributed by atoms with Gasteiger partial charge in [0, 0.05) is 0 Å². The lowest BCUT2D eigenvalue weighted by molar-refractivity contribution is -0.149. The quantitative estimate of drug-likeness (QED) is 0.582. The van der Waals surface area contributed by atoms with E-state index in [0.29, 0.717) is 11.3 Å². The fourth-order valence-corrected chi connectivity index (χ4v) is 1.18. The van der Waals surface area contributed by atoms with Gasteiger partial charge in [-0.1, -0.05) is 36.4 Å². The van der Waals surface area contributed by atoms with E-state index in [9.17, 15) is 4.79 Å². The van der Waals surface area contributed by atoms with E-state index in [1.165, 1.54) is 0 Å². The minimum Gasteiger partial charge on any atom is -0.287 e. The van der Waals surface area contributed by atoms with Crippen LogP contribution in [0.25, 0.3) is 0 Å². The Bertz CT molecular complexity index is 451. The number of benzene rings is 2. The summed E-state index contributed by atoms with van der Waals surface area (Å²) in [5, 5.41) is 0. The first-order valence-corrected chi connectivity index (χ1v) is 4.85. The zero-order chi connectivity index (χ0) is 11.2. The lowest BCUT2D eigenvalue weighted by atomic mass is 10.2. The monoisotopic (exact) mass is 214 g/mol. The van der Waals surface area contributed by atoms with Crippen molar-refractivity contribution < 1.29 is 14.6 Å². The van der Waals surface area contributed by atoms with Crippen molar-refractivity contribution in [1.29, 1.82) is 0 Å². The highest BCUT2D eigenvalue weighted by molar-refractivity contribution is 5.88. The van der Waals surface area contributed by atoms with Crippen molar-refractivity contribution in [3.8, 4) is 5.75 Å². The van der Waals surface area contributed by atoms with Gasteiger partial charge in [-0.25, -0.2) is 9.68 Å². The minimum atomic E-state index is -0.510. The van der Waals surface area contributed by atoms with E-state index in [1.54, 1.807) is 48.5 Å². The number of para-hydroxylation sites is 1. The molecule has 0 fully saturated rings. The summed E-state index contributed by atoms with van der Waals surface area (Å²) >= 11 is 0. The molecule has 0 aliphatic rings. The molecule has 2 rings (SSSR count). The van der Waals surface area contributed by atoms with Crippen LogP contribution >= 0.6 is 0 Å². The number of rotatable bonds is 3. The molecule has 0 radical (unpaired) electrons. The van der Waals surface area contributed by atoms with Gasteiger partial charge < -0.3 is 0 Å². The molecular weight excluding hydrogens is 204 g/mol. The Hall–Kier alpha value is -2.29. The maximum atomic E-state index is 11.5. The molecule has 0 atom stereocenters. The molecule has 0 aliphatic heterocycles. The fourth-order valence-electron chi connectivity index (χ4n) is 1.18. The first-order chi connectivity index (χ1) is 7.86. The van der Waals surface area contributed by atoms with Gasteiger partial charge >= 0.3 is 5.97 Å². The molecule has 0 spiro atoms. The van der Waals surface area contributed by atoms with Gasteiger partial charge in [0.05, 0.1) is 5.56 Å². The molecule has 0 aromatic heterocycles. The molecule has 80 valence electrons. The molecule has 0 aliphatic carbocycles. The van der Waals surface area contributed by atoms with Gasteiger partial charge in [0.1, 0.15) is 0 Å². The molecule has 0 heterocycles. The minimum absolute atomic E-state index is 0.457. The number of hydrogen-bond acceptors (Lipinski definition) is 3. The largest absolute Gasteiger partial charge is 0.386 e. The normalized spacial score (nSPS) is 9.50. The van der Waals surface area contributed by atoms with Gasteiger partial charge in [-0.05, 0) is 24.3 Å². The van der Waals surface area contributed by atoms with Crippen LogP contribution in [-0.2, 0) is 4.89 Å². The summed E-state index contributed by atoms with van der Waals surface area (Å²) < 4.78 is 0. The Morgan fingerprint density at radius 3 is 2.00 bits per heavy atom. The molecule has 16 heavy (non-hydrogen) atoms.